The number of hydrogen-bond acceptors (Lipinski definition) is 3. The van der Waals surface area contributed by atoms with Gasteiger partial charge in [0.05, 0.1) is 16.8 Å². The van der Waals surface area contributed by atoms with Crippen LogP contribution >= 0.6 is 38.9 Å². The third kappa shape index (κ3) is 3.28. The third-order valence-corrected chi connectivity index (χ3v) is 4.05. The van der Waals surface area contributed by atoms with E-state index in [2.05, 4.69) is 20.9 Å². The minimum Gasteiger partial charge on any atom is -0.388 e. The van der Waals surface area contributed by atoms with Crippen LogP contribution in [-0.4, -0.2) is 10.1 Å². The highest BCUT2D eigenvalue weighted by Gasteiger charge is 2.14. The molecule has 1 heterocycles. The quantitative estimate of drug-likeness (QED) is 0.916. The number of aliphatic hydroxyl groups excluding tert-OH is 1. The maximum atomic E-state index is 10.1. The molecule has 1 N–H and O–H groups in total. The molecule has 0 aliphatic heterocycles. The van der Waals surface area contributed by atoms with Gasteiger partial charge in [0.1, 0.15) is 0 Å². The first kappa shape index (κ1) is 13.0. The topological polar surface area (TPSA) is 33.1 Å². The molecule has 1 aromatic heterocycles. The highest BCUT2D eigenvalue weighted by atomic mass is 79.9. The maximum Gasteiger partial charge on any atom is 0.0897 e. The molecule has 0 saturated carbocycles. The van der Waals surface area contributed by atoms with E-state index in [9.17, 15) is 5.11 Å². The highest BCUT2D eigenvalue weighted by Crippen LogP contribution is 2.28. The van der Waals surface area contributed by atoms with Crippen molar-refractivity contribution in [3.05, 3.63) is 49.3 Å². The Bertz CT molecular complexity index is 529. The van der Waals surface area contributed by atoms with Crippen LogP contribution in [0.25, 0.3) is 0 Å². The van der Waals surface area contributed by atoms with Crippen molar-refractivity contribution in [3.8, 4) is 0 Å². The van der Waals surface area contributed by atoms with E-state index in [1.165, 1.54) is 0 Å². The lowest BCUT2D eigenvalue weighted by molar-refractivity contribution is 0.177. The molecule has 0 amide bonds. The van der Waals surface area contributed by atoms with E-state index >= 15 is 0 Å². The Morgan fingerprint density at radius 3 is 2.94 bits per heavy atom. The first-order valence-electron chi connectivity index (χ1n) is 5.10. The van der Waals surface area contributed by atoms with E-state index in [1.54, 1.807) is 17.4 Å². The molecular formula is C12H11BrClNOS. The number of thiazole rings is 1. The van der Waals surface area contributed by atoms with Crippen molar-refractivity contribution in [1.29, 1.82) is 0 Å². The predicted molar refractivity (Wildman–Crippen MR) is 74.7 cm³/mol. The fourth-order valence-electron chi connectivity index (χ4n) is 1.58. The fraction of sp³-hybridized carbons (Fsp3) is 0.250. The molecule has 0 fully saturated rings. The van der Waals surface area contributed by atoms with Crippen LogP contribution in [0.15, 0.2) is 28.1 Å². The van der Waals surface area contributed by atoms with Crippen LogP contribution < -0.4 is 0 Å². The first-order valence-corrected chi connectivity index (χ1v) is 7.15. The number of aryl methyl sites for hydroxylation is 1. The molecule has 2 aromatic rings. The highest BCUT2D eigenvalue weighted by molar-refractivity contribution is 9.10. The van der Waals surface area contributed by atoms with Gasteiger partial charge < -0.3 is 5.11 Å². The number of aliphatic hydroxyl groups is 1. The lowest BCUT2D eigenvalue weighted by Crippen LogP contribution is -2.03. The Morgan fingerprint density at radius 1 is 1.53 bits per heavy atom. The summed E-state index contributed by atoms with van der Waals surface area (Å²) >= 11 is 11.0. The molecule has 0 radical (unpaired) electrons. The molecule has 17 heavy (non-hydrogen) atoms. The standard InChI is InChI=1S/C12H11BrClNOS/c1-7-15-9(6-17-7)5-12(16)10-4-8(13)2-3-11(10)14/h2-4,6,12,16H,5H2,1H3. The second-order valence-electron chi connectivity index (χ2n) is 3.74. The van der Waals surface area contributed by atoms with Crippen LogP contribution in [0.5, 0.6) is 0 Å². The molecule has 0 spiro atoms. The van der Waals surface area contributed by atoms with Gasteiger partial charge in [-0.15, -0.1) is 11.3 Å². The zero-order valence-corrected chi connectivity index (χ0v) is 12.3. The normalized spacial score (nSPS) is 12.7. The summed E-state index contributed by atoms with van der Waals surface area (Å²) in [5, 5.41) is 13.7. The number of halogens is 2. The first-order chi connectivity index (χ1) is 8.06. The zero-order valence-electron chi connectivity index (χ0n) is 9.15. The number of rotatable bonds is 3. The van der Waals surface area contributed by atoms with Crippen LogP contribution in [-0.2, 0) is 6.42 Å². The van der Waals surface area contributed by atoms with Gasteiger partial charge in [-0.3, -0.25) is 0 Å². The van der Waals surface area contributed by atoms with Crippen molar-refractivity contribution in [2.75, 3.05) is 0 Å². The van der Waals surface area contributed by atoms with Crippen molar-refractivity contribution < 1.29 is 5.11 Å². The van der Waals surface area contributed by atoms with Crippen LogP contribution in [0, 0.1) is 6.92 Å². The second kappa shape index (κ2) is 5.48. The molecule has 2 rings (SSSR count). The molecule has 1 atom stereocenters. The molecule has 2 nitrogen and oxygen atoms in total. The van der Waals surface area contributed by atoms with Gasteiger partial charge in [-0.2, -0.15) is 0 Å². The summed E-state index contributed by atoms with van der Waals surface area (Å²) in [5.74, 6) is 0. The van der Waals surface area contributed by atoms with Crippen molar-refractivity contribution in [1.82, 2.24) is 4.98 Å². The minimum atomic E-state index is -0.624. The third-order valence-electron chi connectivity index (χ3n) is 2.39. The number of nitrogens with zero attached hydrogens (tertiary/aromatic N) is 1. The molecule has 0 aliphatic carbocycles. The molecule has 0 bridgehead atoms. The Labute approximate surface area is 117 Å². The Hall–Kier alpha value is -0.420. The number of hydrogen-bond donors (Lipinski definition) is 1. The average Bonchev–Trinajstić information content (AvgIpc) is 2.67. The Kier molecular flexibility index (Phi) is 4.20. The molecule has 5 heteroatoms. The van der Waals surface area contributed by atoms with Gasteiger partial charge in [0.2, 0.25) is 0 Å². The van der Waals surface area contributed by atoms with E-state index in [4.69, 9.17) is 11.6 Å². The summed E-state index contributed by atoms with van der Waals surface area (Å²) in [5.41, 5.74) is 1.63. The summed E-state index contributed by atoms with van der Waals surface area (Å²) in [6.45, 7) is 1.95. The summed E-state index contributed by atoms with van der Waals surface area (Å²) in [4.78, 5) is 4.33. The van der Waals surface area contributed by atoms with Crippen molar-refractivity contribution in [2.24, 2.45) is 0 Å². The van der Waals surface area contributed by atoms with Crippen LogP contribution in [0.3, 0.4) is 0 Å². The number of benzene rings is 1. The monoisotopic (exact) mass is 331 g/mol. The average molecular weight is 333 g/mol. The maximum absolute atomic E-state index is 10.1. The van der Waals surface area contributed by atoms with E-state index in [0.717, 1.165) is 20.7 Å². The lowest BCUT2D eigenvalue weighted by Gasteiger charge is -2.11. The molecule has 0 saturated heterocycles. The van der Waals surface area contributed by atoms with Gasteiger partial charge >= 0.3 is 0 Å². The SMILES string of the molecule is Cc1nc(CC(O)c2cc(Br)ccc2Cl)cs1. The van der Waals surface area contributed by atoms with E-state index in [0.29, 0.717) is 11.4 Å². The zero-order chi connectivity index (χ0) is 12.4. The van der Waals surface area contributed by atoms with Crippen molar-refractivity contribution >= 4 is 38.9 Å². The second-order valence-corrected chi connectivity index (χ2v) is 6.13. The Morgan fingerprint density at radius 2 is 2.29 bits per heavy atom. The van der Waals surface area contributed by atoms with Crippen molar-refractivity contribution in [3.63, 3.8) is 0 Å². The summed E-state index contributed by atoms with van der Waals surface area (Å²) in [6.07, 6.45) is -0.137. The summed E-state index contributed by atoms with van der Waals surface area (Å²) < 4.78 is 0.908. The van der Waals surface area contributed by atoms with E-state index < -0.39 is 6.10 Å². The lowest BCUT2D eigenvalue weighted by atomic mass is 10.1. The van der Waals surface area contributed by atoms with Gasteiger partial charge in [-0.05, 0) is 25.1 Å². The van der Waals surface area contributed by atoms with Gasteiger partial charge in [-0.1, -0.05) is 27.5 Å². The fourth-order valence-corrected chi connectivity index (χ4v) is 2.83. The van der Waals surface area contributed by atoms with Gasteiger partial charge in [0, 0.05) is 26.9 Å². The van der Waals surface area contributed by atoms with Gasteiger partial charge in [0.15, 0.2) is 0 Å². The largest absolute Gasteiger partial charge is 0.388 e. The van der Waals surface area contributed by atoms with E-state index in [-0.39, 0.29) is 0 Å². The van der Waals surface area contributed by atoms with Crippen LogP contribution in [0.1, 0.15) is 22.4 Å². The molecule has 1 aromatic carbocycles. The summed E-state index contributed by atoms with van der Waals surface area (Å²) in [7, 11) is 0. The predicted octanol–water partition coefficient (Wildman–Crippen LogP) is 4.14. The van der Waals surface area contributed by atoms with Crippen molar-refractivity contribution in [2.45, 2.75) is 19.4 Å². The van der Waals surface area contributed by atoms with Gasteiger partial charge in [-0.25, -0.2) is 4.98 Å². The smallest absolute Gasteiger partial charge is 0.0897 e. The molecule has 0 aliphatic rings. The van der Waals surface area contributed by atoms with Gasteiger partial charge in [0.25, 0.3) is 0 Å². The molecular weight excluding hydrogens is 322 g/mol. The summed E-state index contributed by atoms with van der Waals surface area (Å²) in [6, 6.07) is 5.47. The van der Waals surface area contributed by atoms with Crippen LogP contribution in [0.4, 0.5) is 0 Å². The number of aromatic nitrogens is 1. The minimum absolute atomic E-state index is 0.487. The molecule has 90 valence electrons. The van der Waals surface area contributed by atoms with Crippen LogP contribution in [0.2, 0.25) is 5.02 Å². The molecule has 1 unspecified atom stereocenters. The van der Waals surface area contributed by atoms with E-state index in [1.807, 2.05) is 24.4 Å². The Balaban J connectivity index is 2.19.